The van der Waals surface area contributed by atoms with Crippen LogP contribution in [-0.2, 0) is 11.8 Å². The van der Waals surface area contributed by atoms with E-state index in [0.29, 0.717) is 0 Å². The van der Waals surface area contributed by atoms with Crippen molar-refractivity contribution in [2.45, 2.75) is 44.9 Å². The maximum atomic E-state index is 2.52. The highest BCUT2D eigenvalue weighted by molar-refractivity contribution is 7.19. The van der Waals surface area contributed by atoms with Gasteiger partial charge in [-0.25, -0.2) is 0 Å². The van der Waals surface area contributed by atoms with E-state index in [9.17, 15) is 0 Å². The first kappa shape index (κ1) is 36.1. The predicted octanol–water partition coefficient (Wildman–Crippen LogP) is 12.3. The van der Waals surface area contributed by atoms with Crippen molar-refractivity contribution in [3.8, 4) is 16.8 Å². The molecule has 0 aliphatic heterocycles. The standard InChI is InChI=1S/C59H47NSi/c1-59(2)55-26-14-11-23-49(55)52-38-37-48-46-21-9-10-22-47(46)53(39-54(48)58(52)59)40-29-33-44(34-30-40)61(42-17-5-3-6-18-42,43-19-7-4-8-20-43)45-35-31-41(32-36-45)60-56-27-15-12-24-50(56)51-25-13-16-28-57(51)60/h3-13,15,17-25,27,29-39H,14,16,26,28H2,1-2H3. The summed E-state index contributed by atoms with van der Waals surface area (Å²) < 4.78 is 2.51. The number of benzene rings is 8. The second-order valence-corrected chi connectivity index (χ2v) is 21.6. The largest absolute Gasteiger partial charge is 0.313 e. The number of nitrogens with zero attached hydrogens (tertiary/aromatic N) is 1. The molecule has 2 heteroatoms. The molecule has 9 aromatic rings. The monoisotopic (exact) mass is 797 g/mol. The lowest BCUT2D eigenvalue weighted by Crippen LogP contribution is -2.74. The van der Waals surface area contributed by atoms with E-state index in [1.165, 1.54) is 98.0 Å². The lowest BCUT2D eigenvalue weighted by molar-refractivity contribution is 0.612. The summed E-state index contributed by atoms with van der Waals surface area (Å²) in [5.74, 6) is 0. The van der Waals surface area contributed by atoms with Gasteiger partial charge in [0.1, 0.15) is 0 Å². The van der Waals surface area contributed by atoms with Crippen LogP contribution in [0.3, 0.4) is 0 Å². The fraction of sp³-hybridized carbons (Fsp3) is 0.119. The molecule has 0 fully saturated rings. The second kappa shape index (κ2) is 13.9. The molecule has 0 amide bonds. The molecule has 0 spiro atoms. The summed E-state index contributed by atoms with van der Waals surface area (Å²) in [6.07, 6.45) is 13.8. The molecule has 0 bridgehead atoms. The average Bonchev–Trinajstić information content (AvgIpc) is 3.78. The SMILES string of the molecule is CC1(C)C2=C(C=CCC2)c2ccc3c(cc(-c4ccc([Si](c5ccccc5)(c5ccccc5)c5ccc(-n6c7c(c8ccccc86)C=CCC7)cc5)cc4)c4ccccc43)c21. The van der Waals surface area contributed by atoms with Crippen LogP contribution in [0, 0.1) is 0 Å². The van der Waals surface area contributed by atoms with Crippen molar-refractivity contribution in [2.24, 2.45) is 0 Å². The van der Waals surface area contributed by atoms with Gasteiger partial charge >= 0.3 is 0 Å². The van der Waals surface area contributed by atoms with Crippen LogP contribution < -0.4 is 20.7 Å². The van der Waals surface area contributed by atoms with E-state index in [4.69, 9.17) is 0 Å². The minimum Gasteiger partial charge on any atom is -0.313 e. The summed E-state index contributed by atoms with van der Waals surface area (Å²) in [5, 5.41) is 12.2. The number of fused-ring (bicyclic) bond motifs is 9. The molecule has 0 radical (unpaired) electrons. The molecule has 3 aliphatic carbocycles. The molecule has 0 unspecified atom stereocenters. The van der Waals surface area contributed by atoms with Crippen LogP contribution in [0.1, 0.15) is 55.5 Å². The molecule has 12 rings (SSSR count). The molecule has 3 aliphatic rings. The topological polar surface area (TPSA) is 4.93 Å². The van der Waals surface area contributed by atoms with Crippen LogP contribution >= 0.6 is 0 Å². The number of para-hydroxylation sites is 1. The Morgan fingerprint density at radius 1 is 0.475 bits per heavy atom. The van der Waals surface area contributed by atoms with Gasteiger partial charge in [0.05, 0.1) is 5.52 Å². The second-order valence-electron chi connectivity index (χ2n) is 17.8. The van der Waals surface area contributed by atoms with E-state index in [1.807, 2.05) is 0 Å². The normalized spacial score (nSPS) is 15.4. The van der Waals surface area contributed by atoms with Crippen LogP contribution in [0.15, 0.2) is 200 Å². The zero-order chi connectivity index (χ0) is 40.7. The van der Waals surface area contributed by atoms with E-state index in [-0.39, 0.29) is 5.41 Å². The summed E-state index contributed by atoms with van der Waals surface area (Å²) in [6.45, 7) is 4.90. The first-order valence-electron chi connectivity index (χ1n) is 22.0. The number of hydrogen-bond donors (Lipinski definition) is 0. The van der Waals surface area contributed by atoms with Gasteiger partial charge in [-0.15, -0.1) is 0 Å². The Morgan fingerprint density at radius 2 is 1.05 bits per heavy atom. The quantitative estimate of drug-likeness (QED) is 0.0897. The minimum atomic E-state index is -2.79. The molecule has 0 saturated heterocycles. The third-order valence-corrected chi connectivity index (χ3v) is 19.1. The molecule has 8 aromatic carbocycles. The van der Waals surface area contributed by atoms with Gasteiger partial charge in [0, 0.05) is 27.7 Å². The van der Waals surface area contributed by atoms with Gasteiger partial charge < -0.3 is 4.57 Å². The summed E-state index contributed by atoms with van der Waals surface area (Å²) in [4.78, 5) is 0. The van der Waals surface area contributed by atoms with Crippen molar-refractivity contribution in [3.05, 3.63) is 222 Å². The molecule has 1 aromatic heterocycles. The van der Waals surface area contributed by atoms with Crippen molar-refractivity contribution in [3.63, 3.8) is 0 Å². The number of hydrogen-bond acceptors (Lipinski definition) is 0. The van der Waals surface area contributed by atoms with E-state index >= 15 is 0 Å². The Hall–Kier alpha value is -6.74. The maximum absolute atomic E-state index is 2.79. The van der Waals surface area contributed by atoms with E-state index < -0.39 is 8.07 Å². The van der Waals surface area contributed by atoms with Crippen molar-refractivity contribution in [1.29, 1.82) is 0 Å². The van der Waals surface area contributed by atoms with Gasteiger partial charge in [0.25, 0.3) is 0 Å². The van der Waals surface area contributed by atoms with E-state index in [1.54, 1.807) is 5.57 Å². The van der Waals surface area contributed by atoms with Crippen LogP contribution in [0.4, 0.5) is 0 Å². The fourth-order valence-corrected chi connectivity index (χ4v) is 16.4. The van der Waals surface area contributed by atoms with Crippen LogP contribution in [-0.4, -0.2) is 12.6 Å². The third kappa shape index (κ3) is 5.31. The Morgan fingerprint density at radius 3 is 1.77 bits per heavy atom. The Labute approximate surface area is 359 Å². The Kier molecular flexibility index (Phi) is 8.24. The third-order valence-electron chi connectivity index (χ3n) is 14.3. The van der Waals surface area contributed by atoms with Crippen LogP contribution in [0.25, 0.3) is 60.9 Å². The smallest absolute Gasteiger partial charge is 0.179 e. The summed E-state index contributed by atoms with van der Waals surface area (Å²) in [5.41, 5.74) is 13.7. The number of rotatable bonds is 6. The lowest BCUT2D eigenvalue weighted by atomic mass is 9.76. The van der Waals surface area contributed by atoms with Crippen LogP contribution in [0.5, 0.6) is 0 Å². The average molecular weight is 798 g/mol. The van der Waals surface area contributed by atoms with Crippen molar-refractivity contribution >= 4 is 72.9 Å². The lowest BCUT2D eigenvalue weighted by Gasteiger charge is -2.34. The molecule has 0 atom stereocenters. The zero-order valence-electron chi connectivity index (χ0n) is 34.8. The highest BCUT2D eigenvalue weighted by Gasteiger charge is 2.42. The van der Waals surface area contributed by atoms with Gasteiger partial charge in [-0.05, 0) is 120 Å². The molecule has 0 saturated carbocycles. The Balaban J connectivity index is 1.04. The fourth-order valence-electron chi connectivity index (χ4n) is 11.6. The molecular weight excluding hydrogens is 751 g/mol. The van der Waals surface area contributed by atoms with Crippen molar-refractivity contribution in [1.82, 2.24) is 4.57 Å². The molecule has 61 heavy (non-hydrogen) atoms. The summed E-state index contributed by atoms with van der Waals surface area (Å²) in [6, 6.07) is 67.3. The van der Waals surface area contributed by atoms with Gasteiger partial charge in [-0.1, -0.05) is 195 Å². The first-order valence-corrected chi connectivity index (χ1v) is 24.0. The maximum Gasteiger partial charge on any atom is 0.179 e. The van der Waals surface area contributed by atoms with Gasteiger partial charge in [0.15, 0.2) is 8.07 Å². The van der Waals surface area contributed by atoms with Gasteiger partial charge in [0.2, 0.25) is 0 Å². The van der Waals surface area contributed by atoms with Crippen LogP contribution in [0.2, 0.25) is 0 Å². The molecule has 1 nitrogen and oxygen atoms in total. The van der Waals surface area contributed by atoms with Crippen molar-refractivity contribution in [2.75, 3.05) is 0 Å². The van der Waals surface area contributed by atoms with Gasteiger partial charge in [-0.2, -0.15) is 0 Å². The predicted molar refractivity (Wildman–Crippen MR) is 263 cm³/mol. The first-order chi connectivity index (χ1) is 30.0. The zero-order valence-corrected chi connectivity index (χ0v) is 35.8. The molecule has 1 heterocycles. The minimum absolute atomic E-state index is 0.0184. The molecular formula is C59H47NSi. The van der Waals surface area contributed by atoms with E-state index in [2.05, 4.69) is 219 Å². The van der Waals surface area contributed by atoms with Gasteiger partial charge in [-0.3, -0.25) is 0 Å². The summed E-state index contributed by atoms with van der Waals surface area (Å²) >= 11 is 0. The van der Waals surface area contributed by atoms with E-state index in [0.717, 1.165) is 25.7 Å². The molecule has 0 N–H and O–H groups in total. The number of allylic oxidation sites excluding steroid dienone is 5. The molecule has 292 valence electrons. The highest BCUT2D eigenvalue weighted by atomic mass is 28.3. The number of aromatic nitrogens is 1. The summed E-state index contributed by atoms with van der Waals surface area (Å²) in [7, 11) is -2.79. The van der Waals surface area contributed by atoms with Crippen molar-refractivity contribution < 1.29 is 0 Å². The highest BCUT2D eigenvalue weighted by Crippen LogP contribution is 2.53. The Bertz CT molecular complexity index is 3250.